The summed E-state index contributed by atoms with van der Waals surface area (Å²) < 4.78 is 1.51. The van der Waals surface area contributed by atoms with Crippen LogP contribution in [0.1, 0.15) is 36.3 Å². The highest BCUT2D eigenvalue weighted by Crippen LogP contribution is 2.15. The van der Waals surface area contributed by atoms with Crippen LogP contribution in [0, 0.1) is 6.92 Å². The maximum absolute atomic E-state index is 12.6. The van der Waals surface area contributed by atoms with Crippen molar-refractivity contribution in [2.75, 3.05) is 6.54 Å². The number of nitrogens with zero attached hydrogens (tertiary/aromatic N) is 4. The number of fused-ring (bicyclic) bond motifs is 1. The normalized spacial score (nSPS) is 12.3. The molecule has 0 saturated carbocycles. The van der Waals surface area contributed by atoms with Crippen LogP contribution in [0.5, 0.6) is 0 Å². The van der Waals surface area contributed by atoms with E-state index >= 15 is 0 Å². The van der Waals surface area contributed by atoms with Gasteiger partial charge in [-0.05, 0) is 26.3 Å². The molecule has 7 heteroatoms. The first-order valence-corrected chi connectivity index (χ1v) is 6.77. The van der Waals surface area contributed by atoms with Crippen LogP contribution < -0.4 is 0 Å². The fraction of sp³-hybridized carbons (Fsp3) is 0.429. The van der Waals surface area contributed by atoms with Crippen LogP contribution >= 0.6 is 0 Å². The topological polar surface area (TPSA) is 87.8 Å². The molecule has 2 rings (SSSR count). The molecule has 21 heavy (non-hydrogen) atoms. The van der Waals surface area contributed by atoms with E-state index in [2.05, 4.69) is 10.1 Å². The second kappa shape index (κ2) is 5.90. The summed E-state index contributed by atoms with van der Waals surface area (Å²) in [6.45, 7) is 5.22. The summed E-state index contributed by atoms with van der Waals surface area (Å²) >= 11 is 0. The third kappa shape index (κ3) is 3.01. The number of amides is 1. The van der Waals surface area contributed by atoms with Gasteiger partial charge in [0.2, 0.25) is 0 Å². The molecule has 1 amide bonds. The summed E-state index contributed by atoms with van der Waals surface area (Å²) in [5.74, 6) is -1.40. The van der Waals surface area contributed by atoms with E-state index < -0.39 is 5.97 Å². The number of rotatable bonds is 5. The highest BCUT2D eigenvalue weighted by Gasteiger charge is 2.26. The van der Waals surface area contributed by atoms with Crippen molar-refractivity contribution in [3.8, 4) is 0 Å². The molecule has 0 fully saturated rings. The van der Waals surface area contributed by atoms with E-state index in [1.807, 2.05) is 20.8 Å². The Bertz CT molecular complexity index is 680. The van der Waals surface area contributed by atoms with Crippen molar-refractivity contribution in [1.82, 2.24) is 19.5 Å². The number of aromatic nitrogens is 3. The molecule has 0 spiro atoms. The van der Waals surface area contributed by atoms with Crippen molar-refractivity contribution in [3.05, 3.63) is 29.7 Å². The molecule has 0 aliphatic heterocycles. The van der Waals surface area contributed by atoms with Crippen LogP contribution in [0.4, 0.5) is 0 Å². The molecule has 0 aliphatic carbocycles. The average molecular weight is 290 g/mol. The zero-order chi connectivity index (χ0) is 15.6. The zero-order valence-corrected chi connectivity index (χ0v) is 12.3. The summed E-state index contributed by atoms with van der Waals surface area (Å²) in [5, 5.41) is 13.1. The van der Waals surface area contributed by atoms with Crippen molar-refractivity contribution in [2.24, 2.45) is 0 Å². The highest BCUT2D eigenvalue weighted by molar-refractivity contribution is 6.00. The van der Waals surface area contributed by atoms with Crippen molar-refractivity contribution < 1.29 is 14.7 Å². The summed E-state index contributed by atoms with van der Waals surface area (Å²) in [4.78, 5) is 29.3. The smallest absolute Gasteiger partial charge is 0.323 e. The second-order valence-electron chi connectivity index (χ2n) is 4.98. The third-order valence-corrected chi connectivity index (χ3v) is 3.43. The molecule has 1 atom stereocenters. The molecule has 2 heterocycles. The van der Waals surface area contributed by atoms with Gasteiger partial charge in [0, 0.05) is 17.9 Å². The van der Waals surface area contributed by atoms with Crippen LogP contribution in [0.2, 0.25) is 0 Å². The Morgan fingerprint density at radius 1 is 1.48 bits per heavy atom. The van der Waals surface area contributed by atoms with Gasteiger partial charge in [-0.15, -0.1) is 0 Å². The van der Waals surface area contributed by atoms with E-state index in [-0.39, 0.29) is 18.5 Å². The van der Waals surface area contributed by atoms with Gasteiger partial charge in [-0.3, -0.25) is 9.59 Å². The van der Waals surface area contributed by atoms with Gasteiger partial charge in [-0.2, -0.15) is 5.10 Å². The van der Waals surface area contributed by atoms with Crippen LogP contribution in [-0.2, 0) is 4.79 Å². The van der Waals surface area contributed by atoms with E-state index in [1.54, 1.807) is 12.3 Å². The number of carboxylic acids is 1. The summed E-state index contributed by atoms with van der Waals surface area (Å²) in [6.07, 6.45) is 3.82. The first-order valence-electron chi connectivity index (χ1n) is 6.77. The number of hydrogen-bond donors (Lipinski definition) is 1. The number of carboxylic acid groups (broad SMARTS) is 1. The Morgan fingerprint density at radius 2 is 2.19 bits per heavy atom. The lowest BCUT2D eigenvalue weighted by Gasteiger charge is -2.26. The lowest BCUT2D eigenvalue weighted by atomic mass is 10.2. The molecule has 112 valence electrons. The third-order valence-electron chi connectivity index (χ3n) is 3.43. The fourth-order valence-corrected chi connectivity index (χ4v) is 2.06. The van der Waals surface area contributed by atoms with Crippen molar-refractivity contribution in [2.45, 2.75) is 33.2 Å². The van der Waals surface area contributed by atoms with E-state index in [0.717, 1.165) is 5.69 Å². The molecular formula is C14H18N4O3. The summed E-state index contributed by atoms with van der Waals surface area (Å²) in [6, 6.07) is 1.62. The van der Waals surface area contributed by atoms with Crippen LogP contribution in [0.3, 0.4) is 0 Å². The molecule has 2 aromatic heterocycles. The Balaban J connectivity index is 2.42. The first-order chi connectivity index (χ1) is 9.93. The van der Waals surface area contributed by atoms with Gasteiger partial charge in [-0.25, -0.2) is 9.50 Å². The second-order valence-corrected chi connectivity index (χ2v) is 4.98. The first kappa shape index (κ1) is 15.0. The molecule has 0 bridgehead atoms. The largest absolute Gasteiger partial charge is 0.480 e. The maximum atomic E-state index is 12.6. The highest BCUT2D eigenvalue weighted by atomic mass is 16.4. The average Bonchev–Trinajstić information content (AvgIpc) is 2.85. The van der Waals surface area contributed by atoms with Crippen LogP contribution in [0.25, 0.3) is 5.65 Å². The Kier molecular flexibility index (Phi) is 4.21. The molecule has 0 aliphatic rings. The number of aliphatic carboxylic acids is 1. The number of carbonyl (C=O) groups is 2. The molecule has 0 aromatic carbocycles. The molecular weight excluding hydrogens is 272 g/mol. The van der Waals surface area contributed by atoms with E-state index in [4.69, 9.17) is 5.11 Å². The quantitative estimate of drug-likeness (QED) is 0.898. The predicted molar refractivity (Wildman–Crippen MR) is 76.1 cm³/mol. The molecule has 2 aromatic rings. The Hall–Kier alpha value is -2.44. The minimum absolute atomic E-state index is 0.173. The van der Waals surface area contributed by atoms with Gasteiger partial charge in [-0.1, -0.05) is 6.92 Å². The zero-order valence-electron chi connectivity index (χ0n) is 12.3. The SMILES string of the molecule is CCC(C)N(CC(=O)O)C(=O)c1cnn2ccc(C)nc12. The molecule has 1 N–H and O–H groups in total. The lowest BCUT2D eigenvalue weighted by Crippen LogP contribution is -2.41. The minimum Gasteiger partial charge on any atom is -0.480 e. The van der Waals surface area contributed by atoms with Gasteiger partial charge >= 0.3 is 5.97 Å². The van der Waals surface area contributed by atoms with E-state index in [1.165, 1.54) is 15.6 Å². The summed E-state index contributed by atoms with van der Waals surface area (Å²) in [5.41, 5.74) is 1.53. The monoisotopic (exact) mass is 290 g/mol. The number of carbonyl (C=O) groups excluding carboxylic acids is 1. The van der Waals surface area contributed by atoms with Gasteiger partial charge in [0.15, 0.2) is 5.65 Å². The minimum atomic E-state index is -1.04. The van der Waals surface area contributed by atoms with Gasteiger partial charge in [0.1, 0.15) is 12.1 Å². The van der Waals surface area contributed by atoms with Crippen LogP contribution in [-0.4, -0.2) is 49.1 Å². The standard InChI is InChI=1S/C14H18N4O3/c1-4-10(3)17(8-12(19)20)14(21)11-7-15-18-6-5-9(2)16-13(11)18/h5-7,10H,4,8H2,1-3H3,(H,19,20). The predicted octanol–water partition coefficient (Wildman–Crippen LogP) is 1.36. The molecule has 1 unspecified atom stereocenters. The molecule has 0 radical (unpaired) electrons. The number of aryl methyl sites for hydroxylation is 1. The lowest BCUT2D eigenvalue weighted by molar-refractivity contribution is -0.138. The van der Waals surface area contributed by atoms with Crippen molar-refractivity contribution in [1.29, 1.82) is 0 Å². The van der Waals surface area contributed by atoms with Gasteiger partial charge < -0.3 is 10.0 Å². The molecule has 0 saturated heterocycles. The number of hydrogen-bond acceptors (Lipinski definition) is 4. The maximum Gasteiger partial charge on any atom is 0.323 e. The van der Waals surface area contributed by atoms with E-state index in [9.17, 15) is 9.59 Å². The summed E-state index contributed by atoms with van der Waals surface area (Å²) in [7, 11) is 0. The Labute approximate surface area is 122 Å². The van der Waals surface area contributed by atoms with Crippen LogP contribution in [0.15, 0.2) is 18.5 Å². The molecule has 7 nitrogen and oxygen atoms in total. The van der Waals surface area contributed by atoms with Crippen molar-refractivity contribution in [3.63, 3.8) is 0 Å². The van der Waals surface area contributed by atoms with Gasteiger partial charge in [0.05, 0.1) is 6.20 Å². The van der Waals surface area contributed by atoms with Crippen molar-refractivity contribution >= 4 is 17.5 Å². The van der Waals surface area contributed by atoms with E-state index in [0.29, 0.717) is 17.6 Å². The Morgan fingerprint density at radius 3 is 2.81 bits per heavy atom. The van der Waals surface area contributed by atoms with Gasteiger partial charge in [0.25, 0.3) is 5.91 Å². The fourth-order valence-electron chi connectivity index (χ4n) is 2.06.